The summed E-state index contributed by atoms with van der Waals surface area (Å²) in [6.07, 6.45) is 0. The third-order valence-corrected chi connectivity index (χ3v) is 4.00. The van der Waals surface area contributed by atoms with Crippen LogP contribution < -0.4 is 5.30 Å². The Morgan fingerprint density at radius 1 is 1.20 bits per heavy atom. The van der Waals surface area contributed by atoms with E-state index in [1.54, 1.807) is 0 Å². The highest BCUT2D eigenvalue weighted by atomic mass is 35.5. The Labute approximate surface area is 92.7 Å². The molecule has 0 amide bonds. The summed E-state index contributed by atoms with van der Waals surface area (Å²) >= 11 is 5.27. The van der Waals surface area contributed by atoms with E-state index in [9.17, 15) is 9.36 Å². The molecule has 4 nitrogen and oxygen atoms in total. The first-order chi connectivity index (χ1) is 7.03. The van der Waals surface area contributed by atoms with Crippen molar-refractivity contribution in [1.29, 1.82) is 0 Å². The van der Waals surface area contributed by atoms with E-state index in [0.29, 0.717) is 10.9 Å². The molecule has 0 aliphatic rings. The van der Waals surface area contributed by atoms with E-state index in [1.165, 1.54) is 38.5 Å². The summed E-state index contributed by atoms with van der Waals surface area (Å²) in [4.78, 5) is 10.8. The zero-order valence-electron chi connectivity index (χ0n) is 8.27. The summed E-state index contributed by atoms with van der Waals surface area (Å²) in [5, 5.41) is -0.180. The maximum absolute atomic E-state index is 11.9. The van der Waals surface area contributed by atoms with E-state index in [-0.39, 0.29) is 0 Å². The summed E-state index contributed by atoms with van der Waals surface area (Å²) in [6.45, 7) is 0. The van der Waals surface area contributed by atoms with E-state index in [1.807, 2.05) is 0 Å². The number of benzene rings is 1. The molecule has 0 heterocycles. The molecule has 0 aliphatic heterocycles. The molecule has 82 valence electrons. The number of carbonyl (C=O) groups excluding carboxylic acids is 1. The Bertz CT molecular complexity index is 393. The van der Waals surface area contributed by atoms with Crippen LogP contribution in [0.25, 0.3) is 0 Å². The fraction of sp³-hybridized carbons (Fsp3) is 0.222. The molecule has 0 aliphatic carbocycles. The standard InChI is InChI=1S/C9H10ClO4P/c1-13-15(12,14-2)8-5-3-7(4-6-8)9(10)11/h3-6H,1-2H3. The Morgan fingerprint density at radius 2 is 1.67 bits per heavy atom. The fourth-order valence-electron chi connectivity index (χ4n) is 1.06. The van der Waals surface area contributed by atoms with Gasteiger partial charge >= 0.3 is 7.60 Å². The van der Waals surface area contributed by atoms with Gasteiger partial charge in [-0.05, 0) is 35.9 Å². The molecule has 0 saturated carbocycles. The molecule has 0 unspecified atom stereocenters. The van der Waals surface area contributed by atoms with Crippen molar-refractivity contribution in [2.45, 2.75) is 0 Å². The van der Waals surface area contributed by atoms with Gasteiger partial charge in [0.25, 0.3) is 5.24 Å². The van der Waals surface area contributed by atoms with E-state index in [4.69, 9.17) is 20.6 Å². The van der Waals surface area contributed by atoms with Crippen LogP contribution in [0.4, 0.5) is 0 Å². The van der Waals surface area contributed by atoms with Gasteiger partial charge in [0, 0.05) is 19.8 Å². The average Bonchev–Trinajstić information content (AvgIpc) is 2.28. The number of halogens is 1. The lowest BCUT2D eigenvalue weighted by atomic mass is 10.2. The zero-order valence-corrected chi connectivity index (χ0v) is 9.92. The second-order valence-corrected chi connectivity index (χ2v) is 5.27. The molecule has 0 spiro atoms. The fourth-order valence-corrected chi connectivity index (χ4v) is 2.27. The molecule has 0 saturated heterocycles. The van der Waals surface area contributed by atoms with Crippen LogP contribution in [0.15, 0.2) is 24.3 Å². The number of carbonyl (C=O) groups is 1. The van der Waals surface area contributed by atoms with Crippen molar-refractivity contribution in [3.8, 4) is 0 Å². The van der Waals surface area contributed by atoms with Crippen LogP contribution in [0.1, 0.15) is 10.4 Å². The van der Waals surface area contributed by atoms with Crippen LogP contribution in [-0.4, -0.2) is 19.5 Å². The van der Waals surface area contributed by atoms with E-state index in [2.05, 4.69) is 0 Å². The van der Waals surface area contributed by atoms with E-state index < -0.39 is 12.8 Å². The quantitative estimate of drug-likeness (QED) is 0.605. The van der Waals surface area contributed by atoms with Gasteiger partial charge in [0.15, 0.2) is 0 Å². The summed E-state index contributed by atoms with van der Waals surface area (Å²) in [5.41, 5.74) is 0.333. The van der Waals surface area contributed by atoms with Crippen molar-refractivity contribution in [2.24, 2.45) is 0 Å². The van der Waals surface area contributed by atoms with Gasteiger partial charge in [-0.25, -0.2) is 0 Å². The average molecular weight is 249 g/mol. The SMILES string of the molecule is COP(=O)(OC)c1ccc(C(=O)Cl)cc1. The number of hydrogen-bond acceptors (Lipinski definition) is 4. The van der Waals surface area contributed by atoms with Crippen LogP contribution in [0.3, 0.4) is 0 Å². The second kappa shape index (κ2) is 4.90. The molecular formula is C9H10ClO4P. The Morgan fingerprint density at radius 3 is 2.00 bits per heavy atom. The van der Waals surface area contributed by atoms with Gasteiger partial charge in [-0.3, -0.25) is 9.36 Å². The minimum absolute atomic E-state index is 0.333. The molecule has 1 aromatic rings. The number of rotatable bonds is 4. The van der Waals surface area contributed by atoms with Gasteiger partial charge < -0.3 is 9.05 Å². The lowest BCUT2D eigenvalue weighted by Gasteiger charge is -2.13. The summed E-state index contributed by atoms with van der Waals surface area (Å²) in [7, 11) is -0.645. The topological polar surface area (TPSA) is 52.6 Å². The molecular weight excluding hydrogens is 239 g/mol. The summed E-state index contributed by atoms with van der Waals surface area (Å²) in [5.74, 6) is 0. The molecule has 6 heteroatoms. The lowest BCUT2D eigenvalue weighted by Crippen LogP contribution is -2.08. The van der Waals surface area contributed by atoms with Crippen LogP contribution in [0.5, 0.6) is 0 Å². The highest BCUT2D eigenvalue weighted by molar-refractivity contribution is 7.62. The molecule has 0 fully saturated rings. The van der Waals surface area contributed by atoms with Crippen molar-refractivity contribution >= 4 is 29.7 Å². The first-order valence-electron chi connectivity index (χ1n) is 4.05. The third-order valence-electron chi connectivity index (χ3n) is 1.89. The largest absolute Gasteiger partial charge is 0.360 e. The summed E-state index contributed by atoms with van der Waals surface area (Å²) in [6, 6.07) is 5.91. The molecule has 1 rings (SSSR count). The molecule has 15 heavy (non-hydrogen) atoms. The molecule has 0 atom stereocenters. The van der Waals surface area contributed by atoms with Crippen molar-refractivity contribution in [1.82, 2.24) is 0 Å². The predicted octanol–water partition coefficient (Wildman–Crippen LogP) is 2.18. The van der Waals surface area contributed by atoms with Gasteiger partial charge in [-0.2, -0.15) is 0 Å². The van der Waals surface area contributed by atoms with Crippen LogP contribution in [-0.2, 0) is 13.6 Å². The first kappa shape index (κ1) is 12.4. The third kappa shape index (κ3) is 2.67. The second-order valence-electron chi connectivity index (χ2n) is 2.68. The molecule has 1 aromatic carbocycles. The lowest BCUT2D eigenvalue weighted by molar-refractivity contribution is 0.108. The van der Waals surface area contributed by atoms with Crippen LogP contribution in [0.2, 0.25) is 0 Å². The van der Waals surface area contributed by atoms with Gasteiger partial charge in [0.05, 0.1) is 5.30 Å². The highest BCUT2D eigenvalue weighted by Crippen LogP contribution is 2.44. The maximum Gasteiger partial charge on any atom is 0.360 e. The number of hydrogen-bond donors (Lipinski definition) is 0. The smallest absolute Gasteiger partial charge is 0.309 e. The maximum atomic E-state index is 11.9. The monoisotopic (exact) mass is 248 g/mol. The predicted molar refractivity (Wildman–Crippen MR) is 57.9 cm³/mol. The van der Waals surface area contributed by atoms with Crippen molar-refractivity contribution < 1.29 is 18.4 Å². The molecule has 0 N–H and O–H groups in total. The Hall–Kier alpha value is -0.670. The highest BCUT2D eigenvalue weighted by Gasteiger charge is 2.24. The van der Waals surface area contributed by atoms with Crippen LogP contribution in [0, 0.1) is 0 Å². The molecule has 0 aromatic heterocycles. The van der Waals surface area contributed by atoms with Crippen molar-refractivity contribution in [2.75, 3.05) is 14.2 Å². The van der Waals surface area contributed by atoms with Gasteiger partial charge in [0.2, 0.25) is 0 Å². The normalized spacial score (nSPS) is 11.4. The summed E-state index contributed by atoms with van der Waals surface area (Å²) < 4.78 is 21.4. The zero-order chi connectivity index (χ0) is 11.5. The first-order valence-corrected chi connectivity index (χ1v) is 5.97. The van der Waals surface area contributed by atoms with E-state index >= 15 is 0 Å². The Kier molecular flexibility index (Phi) is 4.05. The van der Waals surface area contributed by atoms with Gasteiger partial charge in [-0.15, -0.1) is 0 Å². The Balaban J connectivity index is 3.08. The van der Waals surface area contributed by atoms with E-state index in [0.717, 1.165) is 0 Å². The van der Waals surface area contributed by atoms with Crippen molar-refractivity contribution in [3.05, 3.63) is 29.8 Å². The van der Waals surface area contributed by atoms with Gasteiger partial charge in [0.1, 0.15) is 0 Å². The van der Waals surface area contributed by atoms with Crippen LogP contribution >= 0.6 is 19.2 Å². The minimum Gasteiger partial charge on any atom is -0.309 e. The van der Waals surface area contributed by atoms with Gasteiger partial charge in [-0.1, -0.05) is 0 Å². The molecule has 0 bridgehead atoms. The minimum atomic E-state index is -3.24. The molecule has 0 radical (unpaired) electrons. The van der Waals surface area contributed by atoms with Crippen molar-refractivity contribution in [3.63, 3.8) is 0 Å².